The molecule has 3 rings (SSSR count). The van der Waals surface area contributed by atoms with Gasteiger partial charge >= 0.3 is 0 Å². The third-order valence-corrected chi connectivity index (χ3v) is 4.29. The van der Waals surface area contributed by atoms with Gasteiger partial charge in [-0.25, -0.2) is 8.94 Å². The molecule has 0 saturated heterocycles. The van der Waals surface area contributed by atoms with Gasteiger partial charge in [0.15, 0.2) is 11.5 Å². The number of aromatic nitrogens is 2. The number of methoxy groups -OCH3 is 3. The summed E-state index contributed by atoms with van der Waals surface area (Å²) in [6, 6.07) is 6.91. The molecule has 0 radical (unpaired) electrons. The molecule has 7 heteroatoms. The van der Waals surface area contributed by atoms with Crippen LogP contribution in [0.5, 0.6) is 17.2 Å². The minimum atomic E-state index is -0.158. The van der Waals surface area contributed by atoms with Crippen molar-refractivity contribution in [3.63, 3.8) is 0 Å². The van der Waals surface area contributed by atoms with Crippen molar-refractivity contribution in [2.75, 3.05) is 21.3 Å². The molecule has 0 bridgehead atoms. The molecule has 114 valence electrons. The summed E-state index contributed by atoms with van der Waals surface area (Å²) in [7, 11) is 4.63. The number of fused-ring (bicyclic) bond motifs is 1. The molecule has 0 fully saturated rings. The van der Waals surface area contributed by atoms with E-state index in [0.29, 0.717) is 33.2 Å². The van der Waals surface area contributed by atoms with E-state index in [0.717, 1.165) is 0 Å². The van der Waals surface area contributed by atoms with Gasteiger partial charge in [0.05, 0.1) is 26.7 Å². The van der Waals surface area contributed by atoms with Crippen molar-refractivity contribution in [1.29, 1.82) is 0 Å². The summed E-state index contributed by atoms with van der Waals surface area (Å²) in [6.45, 7) is 0. The number of benzene rings is 1. The molecule has 0 atom stereocenters. The van der Waals surface area contributed by atoms with E-state index in [1.54, 1.807) is 37.6 Å². The highest BCUT2D eigenvalue weighted by atomic mass is 32.1. The van der Waals surface area contributed by atoms with Crippen molar-refractivity contribution >= 4 is 21.7 Å². The molecule has 1 aromatic carbocycles. The normalized spacial score (nSPS) is 10.7. The highest BCUT2D eigenvalue weighted by molar-refractivity contribution is 7.13. The quantitative estimate of drug-likeness (QED) is 0.739. The van der Waals surface area contributed by atoms with Crippen molar-refractivity contribution < 1.29 is 14.2 Å². The summed E-state index contributed by atoms with van der Waals surface area (Å²) in [5.74, 6) is 1.57. The van der Waals surface area contributed by atoms with Gasteiger partial charge in [0.25, 0.3) is 5.56 Å². The zero-order valence-corrected chi connectivity index (χ0v) is 13.1. The van der Waals surface area contributed by atoms with Crippen molar-refractivity contribution in [3.8, 4) is 22.9 Å². The number of hydrogen-bond acceptors (Lipinski definition) is 6. The third-order valence-electron chi connectivity index (χ3n) is 3.26. The Hall–Kier alpha value is -2.54. The van der Waals surface area contributed by atoms with Crippen molar-refractivity contribution in [2.24, 2.45) is 0 Å². The van der Waals surface area contributed by atoms with Gasteiger partial charge in [-0.15, -0.1) is 0 Å². The van der Waals surface area contributed by atoms with Gasteiger partial charge in [-0.2, -0.15) is 0 Å². The zero-order valence-electron chi connectivity index (χ0n) is 12.3. The van der Waals surface area contributed by atoms with E-state index in [1.807, 2.05) is 0 Å². The Labute approximate surface area is 130 Å². The number of rotatable bonds is 4. The van der Waals surface area contributed by atoms with Gasteiger partial charge in [0.1, 0.15) is 16.3 Å². The predicted octanol–water partition coefficient (Wildman–Crippen LogP) is 2.47. The molecule has 0 unspecified atom stereocenters. The van der Waals surface area contributed by atoms with E-state index in [-0.39, 0.29) is 5.56 Å². The molecule has 0 aliphatic rings. The van der Waals surface area contributed by atoms with Crippen LogP contribution in [0.15, 0.2) is 35.3 Å². The van der Waals surface area contributed by atoms with E-state index in [9.17, 15) is 4.79 Å². The molecular weight excluding hydrogens is 304 g/mol. The van der Waals surface area contributed by atoms with Crippen LogP contribution < -0.4 is 19.8 Å². The Kier molecular flexibility index (Phi) is 3.72. The Morgan fingerprint density at radius 1 is 1.09 bits per heavy atom. The van der Waals surface area contributed by atoms with E-state index in [2.05, 4.69) is 4.98 Å². The number of pyridine rings is 1. The minimum Gasteiger partial charge on any atom is -0.496 e. The zero-order chi connectivity index (χ0) is 15.7. The third kappa shape index (κ3) is 2.19. The fraction of sp³-hybridized carbons (Fsp3) is 0.200. The van der Waals surface area contributed by atoms with Crippen LogP contribution in [-0.4, -0.2) is 30.3 Å². The number of ether oxygens (including phenoxy) is 3. The average Bonchev–Trinajstić information content (AvgIpc) is 2.90. The molecule has 0 aliphatic heterocycles. The lowest BCUT2D eigenvalue weighted by atomic mass is 10.2. The largest absolute Gasteiger partial charge is 0.496 e. The van der Waals surface area contributed by atoms with E-state index in [4.69, 9.17) is 14.2 Å². The van der Waals surface area contributed by atoms with Gasteiger partial charge in [0.2, 0.25) is 0 Å². The van der Waals surface area contributed by atoms with Crippen molar-refractivity contribution in [2.45, 2.75) is 0 Å². The predicted molar refractivity (Wildman–Crippen MR) is 84.9 cm³/mol. The fourth-order valence-corrected chi connectivity index (χ4v) is 3.19. The van der Waals surface area contributed by atoms with E-state index in [1.165, 1.54) is 29.7 Å². The molecule has 0 amide bonds. The van der Waals surface area contributed by atoms with Crippen LogP contribution in [-0.2, 0) is 0 Å². The SMILES string of the molecule is COc1cc(OC)c(-n2sc3ncccc3c2=O)c(OC)c1. The summed E-state index contributed by atoms with van der Waals surface area (Å²) >= 11 is 1.24. The first-order valence-corrected chi connectivity index (χ1v) is 7.24. The summed E-state index contributed by atoms with van der Waals surface area (Å²) in [4.78, 5) is 17.5. The van der Waals surface area contributed by atoms with Crippen LogP contribution >= 0.6 is 11.5 Å². The van der Waals surface area contributed by atoms with Crippen LogP contribution in [0.4, 0.5) is 0 Å². The average molecular weight is 318 g/mol. The first-order valence-electron chi connectivity index (χ1n) is 6.47. The van der Waals surface area contributed by atoms with Gasteiger partial charge in [-0.05, 0) is 23.7 Å². The van der Waals surface area contributed by atoms with Crippen molar-refractivity contribution in [3.05, 3.63) is 40.8 Å². The highest BCUT2D eigenvalue weighted by Gasteiger charge is 2.19. The lowest BCUT2D eigenvalue weighted by molar-refractivity contribution is 0.373. The topological polar surface area (TPSA) is 62.6 Å². The second kappa shape index (κ2) is 5.69. The van der Waals surface area contributed by atoms with E-state index >= 15 is 0 Å². The summed E-state index contributed by atoms with van der Waals surface area (Å²) in [5.41, 5.74) is 0.383. The van der Waals surface area contributed by atoms with Crippen LogP contribution in [0, 0.1) is 0 Å². The van der Waals surface area contributed by atoms with Gasteiger partial charge < -0.3 is 14.2 Å². The van der Waals surface area contributed by atoms with Crippen LogP contribution in [0.25, 0.3) is 15.9 Å². The highest BCUT2D eigenvalue weighted by Crippen LogP contribution is 2.38. The maximum atomic E-state index is 12.6. The van der Waals surface area contributed by atoms with Crippen LogP contribution in [0.2, 0.25) is 0 Å². The molecule has 0 saturated carbocycles. The Morgan fingerprint density at radius 2 is 1.77 bits per heavy atom. The Bertz CT molecular complexity index is 860. The van der Waals surface area contributed by atoms with Crippen molar-refractivity contribution in [1.82, 2.24) is 8.94 Å². The Morgan fingerprint density at radius 3 is 2.32 bits per heavy atom. The molecule has 6 nitrogen and oxygen atoms in total. The number of nitrogens with zero attached hydrogens (tertiary/aromatic N) is 2. The van der Waals surface area contributed by atoms with Gasteiger partial charge in [-0.1, -0.05) is 0 Å². The molecular formula is C15H14N2O4S. The summed E-state index contributed by atoms with van der Waals surface area (Å²) in [6.07, 6.45) is 1.66. The monoisotopic (exact) mass is 318 g/mol. The molecule has 22 heavy (non-hydrogen) atoms. The standard InChI is InChI=1S/C15H14N2O4S/c1-19-9-7-11(20-2)13(12(8-9)21-3)17-15(18)10-5-4-6-16-14(10)22-17/h4-8H,1-3H3. The van der Waals surface area contributed by atoms with Crippen LogP contribution in [0.3, 0.4) is 0 Å². The lowest BCUT2D eigenvalue weighted by Crippen LogP contribution is -2.13. The number of hydrogen-bond donors (Lipinski definition) is 0. The molecule has 2 heterocycles. The summed E-state index contributed by atoms with van der Waals surface area (Å²) < 4.78 is 17.6. The first kappa shape index (κ1) is 14.4. The first-order chi connectivity index (χ1) is 10.7. The maximum absolute atomic E-state index is 12.6. The molecule has 0 aliphatic carbocycles. The van der Waals surface area contributed by atoms with Crippen LogP contribution in [0.1, 0.15) is 0 Å². The summed E-state index contributed by atoms with van der Waals surface area (Å²) in [5, 5.41) is 0.562. The lowest BCUT2D eigenvalue weighted by Gasteiger charge is -2.14. The molecule has 0 spiro atoms. The molecule has 0 N–H and O–H groups in total. The Balaban J connectivity index is 2.34. The minimum absolute atomic E-state index is 0.158. The molecule has 2 aromatic heterocycles. The van der Waals surface area contributed by atoms with Gasteiger partial charge in [0, 0.05) is 18.3 Å². The second-order valence-corrected chi connectivity index (χ2v) is 5.36. The second-order valence-electron chi connectivity index (χ2n) is 4.43. The smallest absolute Gasteiger partial charge is 0.275 e. The fourth-order valence-electron chi connectivity index (χ4n) is 2.20. The maximum Gasteiger partial charge on any atom is 0.275 e. The molecule has 3 aromatic rings. The van der Waals surface area contributed by atoms with E-state index < -0.39 is 0 Å². The van der Waals surface area contributed by atoms with Gasteiger partial charge in [-0.3, -0.25) is 4.79 Å².